The van der Waals surface area contributed by atoms with Gasteiger partial charge in [-0.1, -0.05) is 11.6 Å². The lowest BCUT2D eigenvalue weighted by atomic mass is 9.75. The maximum Gasteiger partial charge on any atom is 0.291 e. The summed E-state index contributed by atoms with van der Waals surface area (Å²) in [6.07, 6.45) is 3.48. The zero-order valence-corrected chi connectivity index (χ0v) is 13.3. The van der Waals surface area contributed by atoms with E-state index in [1.165, 1.54) is 0 Å². The molecule has 1 N–H and O–H groups in total. The molecule has 6 nitrogen and oxygen atoms in total. The molecule has 0 amide bonds. The average Bonchev–Trinajstić information content (AvgIpc) is 2.85. The van der Waals surface area contributed by atoms with Crippen LogP contribution in [0.15, 0.2) is 17.3 Å². The van der Waals surface area contributed by atoms with E-state index in [1.807, 2.05) is 13.0 Å². The van der Waals surface area contributed by atoms with Crippen molar-refractivity contribution in [1.29, 1.82) is 0 Å². The second kappa shape index (κ2) is 4.81. The number of rotatable bonds is 1. The van der Waals surface area contributed by atoms with Gasteiger partial charge in [-0.25, -0.2) is 9.98 Å². The number of hydroxylamine groups is 3. The Morgan fingerprint density at radius 3 is 2.91 bits per heavy atom. The molecule has 2 bridgehead atoms. The predicted molar refractivity (Wildman–Crippen MR) is 84.7 cm³/mol. The maximum absolute atomic E-state index is 12.6. The van der Waals surface area contributed by atoms with Gasteiger partial charge < -0.3 is 14.6 Å². The number of aromatic nitrogens is 1. The molecule has 1 aromatic rings. The van der Waals surface area contributed by atoms with Crippen molar-refractivity contribution in [3.8, 4) is 0 Å². The number of hydrogen-bond donors (Lipinski definition) is 1. The Balaban J connectivity index is 1.49. The van der Waals surface area contributed by atoms with Crippen LogP contribution in [0.4, 0.5) is 5.82 Å². The van der Waals surface area contributed by atoms with Gasteiger partial charge in [0.1, 0.15) is 12.4 Å². The summed E-state index contributed by atoms with van der Waals surface area (Å²) >= 11 is 5.98. The lowest BCUT2D eigenvalue weighted by molar-refractivity contribution is -0.905. The molecule has 0 radical (unpaired) electrons. The molecule has 4 aliphatic rings. The normalized spacial score (nSPS) is 36.3. The number of fused-ring (bicyclic) bond motifs is 2. The summed E-state index contributed by atoms with van der Waals surface area (Å²) in [5.74, 6) is 1.09. The summed E-state index contributed by atoms with van der Waals surface area (Å²) < 4.78 is 5.99. The Hall–Kier alpha value is -1.37. The quantitative estimate of drug-likeness (QED) is 0.636. The molecule has 5 heterocycles. The number of aliphatic imine (C=N–C) groups is 1. The van der Waals surface area contributed by atoms with Crippen LogP contribution in [0.2, 0.25) is 5.02 Å². The molecule has 7 heteroatoms. The highest BCUT2D eigenvalue weighted by Gasteiger charge is 2.56. The third-order valence-corrected chi connectivity index (χ3v) is 5.54. The van der Waals surface area contributed by atoms with Gasteiger partial charge in [0.25, 0.3) is 6.02 Å². The molecule has 3 saturated heterocycles. The number of pyridine rings is 1. The van der Waals surface area contributed by atoms with Crippen molar-refractivity contribution in [3.05, 3.63) is 28.1 Å². The van der Waals surface area contributed by atoms with E-state index in [-0.39, 0.29) is 4.65 Å². The molecule has 3 fully saturated rings. The fraction of sp³-hybridized carbons (Fsp3) is 0.600. The number of hydrogen-bond acceptors (Lipinski definition) is 5. The molecule has 1 atom stereocenters. The van der Waals surface area contributed by atoms with E-state index in [0.717, 1.165) is 31.5 Å². The van der Waals surface area contributed by atoms with E-state index in [1.54, 1.807) is 6.20 Å². The van der Waals surface area contributed by atoms with E-state index in [0.29, 0.717) is 35.9 Å². The molecule has 1 unspecified atom stereocenters. The average molecular weight is 323 g/mol. The molecule has 5 rings (SSSR count). The van der Waals surface area contributed by atoms with Crippen LogP contribution in [0.25, 0.3) is 0 Å². The van der Waals surface area contributed by atoms with Crippen molar-refractivity contribution in [2.24, 2.45) is 10.9 Å². The first kappa shape index (κ1) is 14.2. The van der Waals surface area contributed by atoms with Gasteiger partial charge in [-0.3, -0.25) is 5.32 Å². The third-order valence-electron chi connectivity index (χ3n) is 5.14. The fourth-order valence-corrected chi connectivity index (χ4v) is 3.98. The number of anilines is 1. The van der Waals surface area contributed by atoms with Gasteiger partial charge in [-0.05, 0) is 18.6 Å². The third kappa shape index (κ3) is 2.26. The van der Waals surface area contributed by atoms with E-state index in [4.69, 9.17) is 16.3 Å². The lowest BCUT2D eigenvalue weighted by Crippen LogP contribution is -2.67. The van der Waals surface area contributed by atoms with Crippen LogP contribution >= 0.6 is 11.6 Å². The largest absolute Gasteiger partial charge is 0.633 e. The van der Waals surface area contributed by atoms with Gasteiger partial charge in [0.15, 0.2) is 5.60 Å². The number of ether oxygens (including phenoxy) is 1. The summed E-state index contributed by atoms with van der Waals surface area (Å²) in [7, 11) is 0. The first-order valence-electron chi connectivity index (χ1n) is 7.68. The van der Waals surface area contributed by atoms with Crippen molar-refractivity contribution < 1.29 is 9.38 Å². The number of nitrogens with one attached hydrogen (secondary N) is 1. The van der Waals surface area contributed by atoms with Crippen molar-refractivity contribution >= 4 is 23.4 Å². The molecule has 118 valence electrons. The Morgan fingerprint density at radius 2 is 2.23 bits per heavy atom. The minimum absolute atomic E-state index is 0.127. The molecule has 1 aromatic heterocycles. The number of piperidine rings is 3. The first-order valence-corrected chi connectivity index (χ1v) is 8.06. The van der Waals surface area contributed by atoms with Gasteiger partial charge >= 0.3 is 0 Å². The molecule has 0 saturated carbocycles. The van der Waals surface area contributed by atoms with Crippen LogP contribution in [-0.2, 0) is 4.74 Å². The highest BCUT2D eigenvalue weighted by molar-refractivity contribution is 6.31. The van der Waals surface area contributed by atoms with Crippen molar-refractivity contribution in [3.63, 3.8) is 0 Å². The minimum Gasteiger partial charge on any atom is -0.633 e. The molecule has 1 spiro atoms. The standard InChI is InChI=1S/C15H19ClN4O2/c1-10-6-13(17-7-12(10)16)19-14-18-8-15(22-14)9-20(21)4-2-11(15)3-5-20/h6-7,11H,2-5,8-9H2,1H3,(H,17,18,19). The second-order valence-electron chi connectivity index (χ2n) is 6.67. The SMILES string of the molecule is Cc1cc(NC2=NCC3(C[N+]4([O-])CCC3CC4)O2)ncc1Cl. The van der Waals surface area contributed by atoms with Crippen molar-refractivity contribution in [2.45, 2.75) is 25.4 Å². The second-order valence-corrected chi connectivity index (χ2v) is 7.08. The molecule has 0 aliphatic carbocycles. The Labute approximate surface area is 134 Å². The van der Waals surface area contributed by atoms with Crippen LogP contribution in [0, 0.1) is 18.0 Å². The molecule has 0 aromatic carbocycles. The van der Waals surface area contributed by atoms with Gasteiger partial charge in [0, 0.05) is 25.0 Å². The predicted octanol–water partition coefficient (Wildman–Crippen LogP) is 2.32. The van der Waals surface area contributed by atoms with E-state index in [2.05, 4.69) is 15.3 Å². The molecule has 22 heavy (non-hydrogen) atoms. The Morgan fingerprint density at radius 1 is 1.45 bits per heavy atom. The van der Waals surface area contributed by atoms with Crippen LogP contribution in [0.1, 0.15) is 18.4 Å². The molecular weight excluding hydrogens is 304 g/mol. The van der Waals surface area contributed by atoms with Crippen molar-refractivity contribution in [2.75, 3.05) is 31.5 Å². The first-order chi connectivity index (χ1) is 10.5. The van der Waals surface area contributed by atoms with E-state index in [9.17, 15) is 5.21 Å². The van der Waals surface area contributed by atoms with Crippen molar-refractivity contribution in [1.82, 2.24) is 4.98 Å². The highest BCUT2D eigenvalue weighted by Crippen LogP contribution is 2.44. The smallest absolute Gasteiger partial charge is 0.291 e. The van der Waals surface area contributed by atoms with Gasteiger partial charge in [-0.2, -0.15) is 0 Å². The number of halogens is 1. The minimum atomic E-state index is -0.415. The summed E-state index contributed by atoms with van der Waals surface area (Å²) in [6.45, 7) is 4.44. The molecular formula is C15H19ClN4O2. The Kier molecular flexibility index (Phi) is 3.11. The van der Waals surface area contributed by atoms with Crippen LogP contribution in [0.3, 0.4) is 0 Å². The number of aryl methyl sites for hydroxylation is 1. The monoisotopic (exact) mass is 322 g/mol. The summed E-state index contributed by atoms with van der Waals surface area (Å²) in [4.78, 5) is 8.70. The number of nitrogens with zero attached hydrogens (tertiary/aromatic N) is 3. The van der Waals surface area contributed by atoms with Crippen LogP contribution < -0.4 is 5.32 Å². The highest BCUT2D eigenvalue weighted by atomic mass is 35.5. The molecule has 4 aliphatic heterocycles. The zero-order valence-electron chi connectivity index (χ0n) is 12.5. The summed E-state index contributed by atoms with van der Waals surface area (Å²) in [5.41, 5.74) is 0.529. The fourth-order valence-electron chi connectivity index (χ4n) is 3.88. The van der Waals surface area contributed by atoms with Gasteiger partial charge in [0.2, 0.25) is 0 Å². The van der Waals surface area contributed by atoms with E-state index >= 15 is 0 Å². The zero-order chi connectivity index (χ0) is 15.4. The number of quaternary nitrogens is 1. The van der Waals surface area contributed by atoms with Gasteiger partial charge in [-0.15, -0.1) is 0 Å². The topological polar surface area (TPSA) is 69.6 Å². The number of amidine groups is 1. The summed E-state index contributed by atoms with van der Waals surface area (Å²) in [6, 6.07) is 2.33. The van der Waals surface area contributed by atoms with Crippen LogP contribution in [0.5, 0.6) is 0 Å². The van der Waals surface area contributed by atoms with Crippen LogP contribution in [-0.4, -0.2) is 47.4 Å². The summed E-state index contributed by atoms with van der Waals surface area (Å²) in [5, 5.41) is 16.3. The van der Waals surface area contributed by atoms with Gasteiger partial charge in [0.05, 0.1) is 24.7 Å². The van der Waals surface area contributed by atoms with E-state index < -0.39 is 5.60 Å². The lowest BCUT2D eigenvalue weighted by Gasteiger charge is -2.58. The maximum atomic E-state index is 12.6. The Bertz CT molecular complexity index is 642.